The molecule has 15 heteroatoms. The van der Waals surface area contributed by atoms with Gasteiger partial charge in [-0.05, 0) is 24.6 Å². The number of rotatable bonds is 4. The molecule has 188 valence electrons. The highest BCUT2D eigenvalue weighted by Gasteiger charge is 2.57. The van der Waals surface area contributed by atoms with Crippen LogP contribution in [0.4, 0.5) is 16.2 Å². The molecule has 4 heterocycles. The molecular formula is C20H22ClFN5O7P. The summed E-state index contributed by atoms with van der Waals surface area (Å²) >= 11 is 6.04. The zero-order chi connectivity index (χ0) is 25.1. The molecule has 0 amide bonds. The van der Waals surface area contributed by atoms with Crippen molar-refractivity contribution in [1.82, 2.24) is 14.5 Å². The molecule has 2 fully saturated rings. The molecule has 1 aromatic carbocycles. The van der Waals surface area contributed by atoms with Crippen LogP contribution < -0.4 is 11.5 Å². The fourth-order valence-corrected chi connectivity index (χ4v) is 5.80. The normalized spacial score (nSPS) is 33.4. The molecule has 2 aliphatic heterocycles. The van der Waals surface area contributed by atoms with Crippen LogP contribution in [-0.4, -0.2) is 49.4 Å². The van der Waals surface area contributed by atoms with Gasteiger partial charge in [0.15, 0.2) is 17.7 Å². The van der Waals surface area contributed by atoms with E-state index in [1.54, 1.807) is 24.3 Å². The average molecular weight is 530 g/mol. The molecule has 2 saturated heterocycles. The molecule has 0 radical (unpaired) electrons. The number of hydrogen-bond acceptors (Lipinski definition) is 11. The second-order valence-corrected chi connectivity index (χ2v) is 10.4. The minimum atomic E-state index is -4.26. The first-order chi connectivity index (χ1) is 16.5. The van der Waals surface area contributed by atoms with E-state index in [0.29, 0.717) is 17.0 Å². The summed E-state index contributed by atoms with van der Waals surface area (Å²) in [5, 5.41) is 22.1. The first-order valence-corrected chi connectivity index (χ1v) is 12.3. The third-order valence-electron chi connectivity index (χ3n) is 5.88. The number of hydrogen-bond donors (Lipinski definition) is 4. The number of fused-ring (bicyclic) bond motifs is 1. The maximum atomic E-state index is 14.6. The van der Waals surface area contributed by atoms with Gasteiger partial charge in [-0.2, -0.15) is 9.97 Å². The third kappa shape index (κ3) is 4.28. The van der Waals surface area contributed by atoms with Crippen molar-refractivity contribution in [3.8, 4) is 0 Å². The SMILES string of the molecule is C[C@@]1(O)[C@H](O)C(OP2(=O)OCCC(c3cccc(Cl)c3)O2)O[C@H]1n1cc(F)c2c(N)nc(N)nc21. The van der Waals surface area contributed by atoms with Crippen LogP contribution in [0.3, 0.4) is 0 Å². The Morgan fingerprint density at radius 2 is 2.14 bits per heavy atom. The quantitative estimate of drug-likeness (QED) is 0.365. The summed E-state index contributed by atoms with van der Waals surface area (Å²) in [6.07, 6.45) is -4.17. The molecule has 12 nitrogen and oxygen atoms in total. The van der Waals surface area contributed by atoms with Gasteiger partial charge in [-0.25, -0.2) is 8.96 Å². The van der Waals surface area contributed by atoms with Crippen molar-refractivity contribution < 1.29 is 37.5 Å². The number of phosphoric ester groups is 1. The second kappa shape index (κ2) is 8.64. The van der Waals surface area contributed by atoms with E-state index >= 15 is 0 Å². The van der Waals surface area contributed by atoms with Gasteiger partial charge in [-0.1, -0.05) is 23.7 Å². The summed E-state index contributed by atoms with van der Waals surface area (Å²) in [5.74, 6) is -1.25. The maximum absolute atomic E-state index is 14.6. The highest BCUT2D eigenvalue weighted by Crippen LogP contribution is 2.59. The number of anilines is 2. The van der Waals surface area contributed by atoms with Crippen molar-refractivity contribution in [2.45, 2.75) is 43.7 Å². The topological polar surface area (TPSA) is 177 Å². The minimum Gasteiger partial charge on any atom is -0.385 e. The average Bonchev–Trinajstić information content (AvgIpc) is 3.21. The smallest absolute Gasteiger partial charge is 0.385 e. The Bertz CT molecular complexity index is 1340. The molecule has 3 unspecified atom stereocenters. The van der Waals surface area contributed by atoms with Crippen molar-refractivity contribution >= 4 is 42.2 Å². The van der Waals surface area contributed by atoms with Crippen LogP contribution in [0, 0.1) is 5.82 Å². The van der Waals surface area contributed by atoms with E-state index in [0.717, 1.165) is 10.8 Å². The van der Waals surface area contributed by atoms with Gasteiger partial charge in [0.1, 0.15) is 17.5 Å². The highest BCUT2D eigenvalue weighted by atomic mass is 35.5. The number of aliphatic hydroxyl groups excluding tert-OH is 1. The molecule has 0 saturated carbocycles. The minimum absolute atomic E-state index is 0.0278. The maximum Gasteiger partial charge on any atom is 0.477 e. The van der Waals surface area contributed by atoms with Gasteiger partial charge in [-0.15, -0.1) is 0 Å². The fourth-order valence-electron chi connectivity index (χ4n) is 4.14. The molecule has 5 rings (SSSR count). The van der Waals surface area contributed by atoms with Crippen LogP contribution in [-0.2, 0) is 22.9 Å². The van der Waals surface area contributed by atoms with Crippen molar-refractivity contribution in [3.63, 3.8) is 0 Å². The predicted octanol–water partition coefficient (Wildman–Crippen LogP) is 2.66. The van der Waals surface area contributed by atoms with Gasteiger partial charge >= 0.3 is 7.82 Å². The van der Waals surface area contributed by atoms with Crippen molar-refractivity contribution in [2.75, 3.05) is 18.1 Å². The Kier molecular flexibility index (Phi) is 6.01. The number of aromatic nitrogens is 3. The number of aliphatic hydroxyl groups is 2. The standard InChI is InChI=1S/C20H22ClFN5O7P/c1-20(29)14(28)17(32-18(20)27-8-11(22)13-15(23)25-19(24)26-16(13)27)34-35(30)31-6-5-12(33-35)9-3-2-4-10(21)7-9/h2-4,7-8,12,14,17-18,28-29H,5-6H2,1H3,(H4,23,24,25,26)/t12?,14-,17?,18-,20-,35?/m1/s1. The van der Waals surface area contributed by atoms with Crippen molar-refractivity contribution in [2.24, 2.45) is 0 Å². The Morgan fingerprint density at radius 3 is 2.89 bits per heavy atom. The summed E-state index contributed by atoms with van der Waals surface area (Å²) < 4.78 is 51.0. The van der Waals surface area contributed by atoms with Gasteiger partial charge in [0.05, 0.1) is 18.1 Å². The van der Waals surface area contributed by atoms with Crippen molar-refractivity contribution in [3.05, 3.63) is 46.9 Å². The number of nitrogen functional groups attached to an aromatic ring is 2. The Morgan fingerprint density at radius 1 is 1.37 bits per heavy atom. The Hall–Kier alpha value is -2.35. The molecule has 6 N–H and O–H groups in total. The molecule has 0 bridgehead atoms. The van der Waals surface area contributed by atoms with Crippen LogP contribution in [0.1, 0.15) is 31.2 Å². The van der Waals surface area contributed by atoms with E-state index in [-0.39, 0.29) is 29.4 Å². The van der Waals surface area contributed by atoms with E-state index in [9.17, 15) is 19.2 Å². The summed E-state index contributed by atoms with van der Waals surface area (Å²) in [6.45, 7) is 1.26. The second-order valence-electron chi connectivity index (χ2n) is 8.40. The number of nitrogens with two attached hydrogens (primary N) is 2. The van der Waals surface area contributed by atoms with Gasteiger partial charge in [0.25, 0.3) is 0 Å². The van der Waals surface area contributed by atoms with E-state index in [2.05, 4.69) is 9.97 Å². The molecule has 6 atom stereocenters. The van der Waals surface area contributed by atoms with Gasteiger partial charge in [0.2, 0.25) is 12.2 Å². The molecule has 2 aliphatic rings. The molecular weight excluding hydrogens is 508 g/mol. The van der Waals surface area contributed by atoms with Crippen LogP contribution in [0.15, 0.2) is 30.5 Å². The van der Waals surface area contributed by atoms with Crippen LogP contribution in [0.5, 0.6) is 0 Å². The zero-order valence-corrected chi connectivity index (χ0v) is 19.9. The Balaban J connectivity index is 1.42. The number of halogens is 2. The van der Waals surface area contributed by atoms with Crippen LogP contribution in [0.25, 0.3) is 11.0 Å². The van der Waals surface area contributed by atoms with E-state index in [1.165, 1.54) is 6.92 Å². The van der Waals surface area contributed by atoms with E-state index < -0.39 is 44.0 Å². The molecule has 0 aliphatic carbocycles. The summed E-state index contributed by atoms with van der Waals surface area (Å²) in [6, 6.07) is 6.82. The molecule has 0 spiro atoms. The number of benzene rings is 1. The zero-order valence-electron chi connectivity index (χ0n) is 18.2. The number of ether oxygens (including phenoxy) is 1. The van der Waals surface area contributed by atoms with E-state index in [1.807, 2.05) is 0 Å². The van der Waals surface area contributed by atoms with Gasteiger partial charge in [0, 0.05) is 17.6 Å². The summed E-state index contributed by atoms with van der Waals surface area (Å²) in [7, 11) is -4.26. The van der Waals surface area contributed by atoms with Gasteiger partial charge in [-0.3, -0.25) is 18.1 Å². The summed E-state index contributed by atoms with van der Waals surface area (Å²) in [5.41, 5.74) is 9.93. The number of nitrogens with zero attached hydrogens (tertiary/aromatic N) is 3. The lowest BCUT2D eigenvalue weighted by molar-refractivity contribution is -0.145. The van der Waals surface area contributed by atoms with Gasteiger partial charge < -0.3 is 26.4 Å². The van der Waals surface area contributed by atoms with Crippen molar-refractivity contribution in [1.29, 1.82) is 0 Å². The summed E-state index contributed by atoms with van der Waals surface area (Å²) in [4.78, 5) is 7.71. The third-order valence-corrected chi connectivity index (χ3v) is 7.60. The lowest BCUT2D eigenvalue weighted by Crippen LogP contribution is -2.44. The molecule has 3 aromatic rings. The first-order valence-electron chi connectivity index (χ1n) is 10.5. The fraction of sp³-hybridized carbons (Fsp3) is 0.400. The lowest BCUT2D eigenvalue weighted by Gasteiger charge is -2.31. The predicted molar refractivity (Wildman–Crippen MR) is 121 cm³/mol. The highest BCUT2D eigenvalue weighted by molar-refractivity contribution is 7.48. The largest absolute Gasteiger partial charge is 0.477 e. The monoisotopic (exact) mass is 529 g/mol. The first kappa shape index (κ1) is 24.3. The molecule has 2 aromatic heterocycles. The van der Waals surface area contributed by atoms with Crippen LogP contribution >= 0.6 is 19.4 Å². The van der Waals surface area contributed by atoms with E-state index in [4.69, 9.17) is 41.4 Å². The molecule has 35 heavy (non-hydrogen) atoms. The lowest BCUT2D eigenvalue weighted by atomic mass is 9.99. The Labute approximate surface area is 203 Å². The van der Waals surface area contributed by atoms with Crippen LogP contribution in [0.2, 0.25) is 5.02 Å². The number of phosphoric acid groups is 1.